The highest BCUT2D eigenvalue weighted by Crippen LogP contribution is 2.22. The lowest BCUT2D eigenvalue weighted by molar-refractivity contribution is 0.0571. The first-order valence-electron chi connectivity index (χ1n) is 9.40. The van der Waals surface area contributed by atoms with Crippen molar-refractivity contribution >= 4 is 27.7 Å². The van der Waals surface area contributed by atoms with Gasteiger partial charge in [-0.25, -0.2) is 17.6 Å². The monoisotopic (exact) mass is 435 g/mol. The number of amides is 2. The van der Waals surface area contributed by atoms with Crippen LogP contribution in [0.15, 0.2) is 53.4 Å². The van der Waals surface area contributed by atoms with E-state index >= 15 is 0 Å². The van der Waals surface area contributed by atoms with Crippen molar-refractivity contribution in [3.8, 4) is 0 Å². The molecule has 2 aromatic carbocycles. The lowest BCUT2D eigenvalue weighted by Crippen LogP contribution is -2.50. The van der Waals surface area contributed by atoms with Crippen LogP contribution in [-0.2, 0) is 14.8 Å². The number of hydrogen-bond donors (Lipinski definition) is 1. The average molecular weight is 435 g/mol. The highest BCUT2D eigenvalue weighted by molar-refractivity contribution is 7.92. The summed E-state index contributed by atoms with van der Waals surface area (Å²) in [5.74, 6) is -0.901. The van der Waals surface area contributed by atoms with Crippen LogP contribution in [0.25, 0.3) is 0 Å². The molecule has 1 aliphatic rings. The predicted octanol–water partition coefficient (Wildman–Crippen LogP) is 2.54. The number of piperazine rings is 1. The average Bonchev–Trinajstić information content (AvgIpc) is 2.74. The van der Waals surface area contributed by atoms with E-state index in [0.717, 1.165) is 24.3 Å². The van der Waals surface area contributed by atoms with Crippen molar-refractivity contribution < 1.29 is 27.1 Å². The second-order valence-corrected chi connectivity index (χ2v) is 8.27. The molecule has 0 atom stereocenters. The highest BCUT2D eigenvalue weighted by atomic mass is 32.2. The molecule has 1 saturated heterocycles. The lowest BCUT2D eigenvalue weighted by Gasteiger charge is -2.34. The quantitative estimate of drug-likeness (QED) is 0.779. The fraction of sp³-hybridized carbons (Fsp3) is 0.300. The molecule has 3 rings (SSSR count). The van der Waals surface area contributed by atoms with E-state index in [1.807, 2.05) is 0 Å². The van der Waals surface area contributed by atoms with Crippen molar-refractivity contribution in [2.75, 3.05) is 37.5 Å². The Labute approximate surface area is 174 Å². The molecule has 1 aliphatic heterocycles. The standard InChI is InChI=1S/C20H22FN3O5S/c1-2-29-20(26)24-13-11-23(12-14-24)19(25)17-5-3-4-6-18(17)22-30(27,28)16-9-7-15(21)8-10-16/h3-10,22H,2,11-14H2,1H3. The van der Waals surface area contributed by atoms with Crippen LogP contribution in [0.4, 0.5) is 14.9 Å². The summed E-state index contributed by atoms with van der Waals surface area (Å²) < 4.78 is 45.7. The van der Waals surface area contributed by atoms with Crippen molar-refractivity contribution in [3.05, 3.63) is 59.9 Å². The number of nitrogens with one attached hydrogen (secondary N) is 1. The van der Waals surface area contributed by atoms with Crippen LogP contribution in [0.2, 0.25) is 0 Å². The molecule has 0 radical (unpaired) electrons. The van der Waals surface area contributed by atoms with Crippen LogP contribution < -0.4 is 4.72 Å². The van der Waals surface area contributed by atoms with Gasteiger partial charge in [-0.15, -0.1) is 0 Å². The van der Waals surface area contributed by atoms with Crippen LogP contribution in [0.5, 0.6) is 0 Å². The van der Waals surface area contributed by atoms with E-state index in [9.17, 15) is 22.4 Å². The first-order chi connectivity index (χ1) is 14.3. The molecule has 10 heteroatoms. The number of sulfonamides is 1. The van der Waals surface area contributed by atoms with Crippen LogP contribution in [0, 0.1) is 5.82 Å². The number of rotatable bonds is 5. The highest BCUT2D eigenvalue weighted by Gasteiger charge is 2.27. The van der Waals surface area contributed by atoms with E-state index in [2.05, 4.69) is 4.72 Å². The summed E-state index contributed by atoms with van der Waals surface area (Å²) in [5.41, 5.74) is 0.312. The molecule has 160 valence electrons. The first-order valence-corrected chi connectivity index (χ1v) is 10.9. The zero-order valence-electron chi connectivity index (χ0n) is 16.4. The predicted molar refractivity (Wildman–Crippen MR) is 108 cm³/mol. The van der Waals surface area contributed by atoms with Gasteiger partial charge in [0, 0.05) is 26.2 Å². The third-order valence-corrected chi connectivity index (χ3v) is 6.00. The van der Waals surface area contributed by atoms with Crippen molar-refractivity contribution in [2.45, 2.75) is 11.8 Å². The Balaban J connectivity index is 1.74. The van der Waals surface area contributed by atoms with Crippen LogP contribution >= 0.6 is 0 Å². The van der Waals surface area contributed by atoms with E-state index < -0.39 is 21.9 Å². The Morgan fingerprint density at radius 3 is 2.23 bits per heavy atom. The molecule has 0 aliphatic carbocycles. The third kappa shape index (κ3) is 4.88. The van der Waals surface area contributed by atoms with Gasteiger partial charge in [0.05, 0.1) is 22.8 Å². The lowest BCUT2D eigenvalue weighted by atomic mass is 10.1. The number of carbonyl (C=O) groups is 2. The molecule has 8 nitrogen and oxygen atoms in total. The van der Waals surface area contributed by atoms with Gasteiger partial charge in [0.2, 0.25) is 0 Å². The zero-order valence-corrected chi connectivity index (χ0v) is 17.2. The summed E-state index contributed by atoms with van der Waals surface area (Å²) in [5, 5.41) is 0. The van der Waals surface area contributed by atoms with Gasteiger partial charge < -0.3 is 14.5 Å². The molecule has 2 aromatic rings. The Kier molecular flexibility index (Phi) is 6.56. The molecule has 1 heterocycles. The number of carbonyl (C=O) groups excluding carboxylic acids is 2. The molecule has 1 fully saturated rings. The Morgan fingerprint density at radius 1 is 1.00 bits per heavy atom. The largest absolute Gasteiger partial charge is 0.450 e. The molecule has 0 bridgehead atoms. The SMILES string of the molecule is CCOC(=O)N1CCN(C(=O)c2ccccc2NS(=O)(=O)c2ccc(F)cc2)CC1. The van der Waals surface area contributed by atoms with E-state index in [-0.39, 0.29) is 28.7 Å². The van der Waals surface area contributed by atoms with Gasteiger partial charge in [0.15, 0.2) is 0 Å². The molecule has 0 saturated carbocycles. The molecule has 2 amide bonds. The van der Waals surface area contributed by atoms with Crippen molar-refractivity contribution in [1.82, 2.24) is 9.80 Å². The molecule has 0 unspecified atom stereocenters. The topological polar surface area (TPSA) is 96.0 Å². The maximum Gasteiger partial charge on any atom is 0.409 e. The number of ether oxygens (including phenoxy) is 1. The fourth-order valence-corrected chi connectivity index (χ4v) is 4.13. The van der Waals surface area contributed by atoms with Gasteiger partial charge in [-0.1, -0.05) is 12.1 Å². The molecular weight excluding hydrogens is 413 g/mol. The van der Waals surface area contributed by atoms with E-state index in [1.165, 1.54) is 17.0 Å². The van der Waals surface area contributed by atoms with Crippen molar-refractivity contribution in [1.29, 1.82) is 0 Å². The van der Waals surface area contributed by atoms with Crippen molar-refractivity contribution in [3.63, 3.8) is 0 Å². The number of hydrogen-bond acceptors (Lipinski definition) is 5. The minimum absolute atomic E-state index is 0.116. The first kappa shape index (κ1) is 21.6. The minimum atomic E-state index is -4.00. The van der Waals surface area contributed by atoms with Gasteiger partial charge in [-0.2, -0.15) is 0 Å². The number of benzene rings is 2. The van der Waals surface area contributed by atoms with E-state index in [4.69, 9.17) is 4.74 Å². The summed E-state index contributed by atoms with van der Waals surface area (Å²) >= 11 is 0. The maximum atomic E-state index is 13.1. The summed E-state index contributed by atoms with van der Waals surface area (Å²) in [4.78, 5) is 27.8. The summed E-state index contributed by atoms with van der Waals surface area (Å²) in [6.45, 7) is 3.26. The van der Waals surface area contributed by atoms with E-state index in [1.54, 1.807) is 24.0 Å². The molecular formula is C20H22FN3O5S. The molecule has 1 N–H and O–H groups in total. The normalized spacial score (nSPS) is 14.3. The van der Waals surface area contributed by atoms with Crippen molar-refractivity contribution in [2.24, 2.45) is 0 Å². The van der Waals surface area contributed by atoms with Gasteiger partial charge in [0.1, 0.15) is 5.82 Å². The second-order valence-electron chi connectivity index (χ2n) is 6.58. The fourth-order valence-electron chi connectivity index (χ4n) is 3.05. The molecule has 0 aromatic heterocycles. The van der Waals surface area contributed by atoms with Crippen LogP contribution in [-0.4, -0.2) is 63.0 Å². The van der Waals surface area contributed by atoms with Gasteiger partial charge in [-0.05, 0) is 43.3 Å². The van der Waals surface area contributed by atoms with Gasteiger partial charge in [0.25, 0.3) is 15.9 Å². The Bertz CT molecular complexity index is 1020. The summed E-state index contributed by atoms with van der Waals surface area (Å²) in [6, 6.07) is 10.7. The third-order valence-electron chi connectivity index (χ3n) is 4.62. The second kappa shape index (κ2) is 9.12. The Morgan fingerprint density at radius 2 is 1.60 bits per heavy atom. The van der Waals surface area contributed by atoms with Gasteiger partial charge in [-0.3, -0.25) is 9.52 Å². The molecule has 0 spiro atoms. The number of anilines is 1. The number of para-hydroxylation sites is 1. The zero-order chi connectivity index (χ0) is 21.7. The van der Waals surface area contributed by atoms with Crippen LogP contribution in [0.1, 0.15) is 17.3 Å². The molecule has 30 heavy (non-hydrogen) atoms. The minimum Gasteiger partial charge on any atom is -0.450 e. The van der Waals surface area contributed by atoms with Gasteiger partial charge >= 0.3 is 6.09 Å². The van der Waals surface area contributed by atoms with Crippen LogP contribution in [0.3, 0.4) is 0 Å². The Hall–Kier alpha value is -3.14. The summed E-state index contributed by atoms with van der Waals surface area (Å²) in [6.07, 6.45) is -0.419. The smallest absolute Gasteiger partial charge is 0.409 e. The van der Waals surface area contributed by atoms with E-state index in [0.29, 0.717) is 26.2 Å². The maximum absolute atomic E-state index is 13.1. The number of halogens is 1. The number of nitrogens with zero attached hydrogens (tertiary/aromatic N) is 2. The summed E-state index contributed by atoms with van der Waals surface area (Å²) in [7, 11) is -4.00.